The molecule has 134 valence electrons. The fourth-order valence-corrected chi connectivity index (χ4v) is 3.60. The number of halogens is 2. The van der Waals surface area contributed by atoms with Crippen molar-refractivity contribution in [2.24, 2.45) is 5.92 Å². The van der Waals surface area contributed by atoms with E-state index in [1.807, 2.05) is 12.1 Å². The van der Waals surface area contributed by atoms with Gasteiger partial charge in [0.15, 0.2) is 0 Å². The van der Waals surface area contributed by atoms with Gasteiger partial charge in [0.1, 0.15) is 6.54 Å². The van der Waals surface area contributed by atoms with Crippen molar-refractivity contribution < 1.29 is 14.4 Å². The predicted octanol–water partition coefficient (Wildman–Crippen LogP) is 2.04. The molecule has 0 radical (unpaired) electrons. The summed E-state index contributed by atoms with van der Waals surface area (Å²) < 4.78 is 0. The number of hydrogen-bond donors (Lipinski definition) is 0. The molecule has 2 heterocycles. The second-order valence-electron chi connectivity index (χ2n) is 6.36. The lowest BCUT2D eigenvalue weighted by atomic mass is 10.1. The third kappa shape index (κ3) is 3.60. The Labute approximate surface area is 156 Å². The van der Waals surface area contributed by atoms with Crippen LogP contribution in [0.15, 0.2) is 18.2 Å². The Balaban J connectivity index is 1.59. The maximum atomic E-state index is 12.4. The number of imide groups is 1. The zero-order chi connectivity index (χ0) is 18.1. The highest BCUT2D eigenvalue weighted by Crippen LogP contribution is 2.32. The lowest BCUT2D eigenvalue weighted by Crippen LogP contribution is -2.52. The number of amides is 3. The first-order chi connectivity index (χ1) is 11.9. The molecular weight excluding hydrogens is 365 g/mol. The monoisotopic (exact) mass is 383 g/mol. The zero-order valence-corrected chi connectivity index (χ0v) is 15.4. The third-order valence-corrected chi connectivity index (χ3v) is 5.48. The quantitative estimate of drug-likeness (QED) is 0.749. The summed E-state index contributed by atoms with van der Waals surface area (Å²) in [5, 5.41) is 1.00. The molecule has 0 N–H and O–H groups in total. The van der Waals surface area contributed by atoms with Gasteiger partial charge in [-0.1, -0.05) is 36.2 Å². The smallest absolute Gasteiger partial charge is 0.242 e. The maximum Gasteiger partial charge on any atom is 0.242 e. The highest BCUT2D eigenvalue weighted by Gasteiger charge is 2.37. The number of carbonyl (C=O) groups excluding carboxylic acids is 3. The minimum absolute atomic E-state index is 0.167. The fraction of sp³-hybridized carbons (Fsp3) is 0.471. The van der Waals surface area contributed by atoms with E-state index in [4.69, 9.17) is 23.2 Å². The van der Waals surface area contributed by atoms with Gasteiger partial charge in [0.05, 0.1) is 15.7 Å². The summed E-state index contributed by atoms with van der Waals surface area (Å²) in [5.41, 5.74) is 0.847. The number of piperazine rings is 1. The van der Waals surface area contributed by atoms with Crippen molar-refractivity contribution in [3.63, 3.8) is 0 Å². The molecule has 3 rings (SSSR count). The summed E-state index contributed by atoms with van der Waals surface area (Å²) in [6.45, 7) is 3.78. The van der Waals surface area contributed by atoms with E-state index in [1.54, 1.807) is 17.9 Å². The molecule has 8 heteroatoms. The Morgan fingerprint density at radius 2 is 1.84 bits per heavy atom. The molecule has 6 nitrogen and oxygen atoms in total. The van der Waals surface area contributed by atoms with Crippen LogP contribution in [0.1, 0.15) is 13.3 Å². The summed E-state index contributed by atoms with van der Waals surface area (Å²) in [4.78, 5) is 41.0. The maximum absolute atomic E-state index is 12.4. The van der Waals surface area contributed by atoms with Gasteiger partial charge in [0.25, 0.3) is 0 Å². The molecule has 1 aromatic rings. The van der Waals surface area contributed by atoms with Crippen LogP contribution < -0.4 is 4.90 Å². The molecule has 2 aliphatic heterocycles. The second kappa shape index (κ2) is 7.22. The van der Waals surface area contributed by atoms with E-state index < -0.39 is 0 Å². The van der Waals surface area contributed by atoms with Crippen LogP contribution in [0.2, 0.25) is 10.0 Å². The van der Waals surface area contributed by atoms with E-state index in [2.05, 4.69) is 4.90 Å². The van der Waals surface area contributed by atoms with Crippen LogP contribution in [0, 0.1) is 5.92 Å². The number of nitrogens with zero attached hydrogens (tertiary/aromatic N) is 3. The van der Waals surface area contributed by atoms with Crippen molar-refractivity contribution in [2.45, 2.75) is 13.3 Å². The molecule has 0 aromatic heterocycles. The number of hydrogen-bond acceptors (Lipinski definition) is 4. The highest BCUT2D eigenvalue weighted by molar-refractivity contribution is 6.43. The second-order valence-corrected chi connectivity index (χ2v) is 7.15. The van der Waals surface area contributed by atoms with Crippen molar-refractivity contribution in [3.8, 4) is 0 Å². The van der Waals surface area contributed by atoms with Crippen molar-refractivity contribution in [3.05, 3.63) is 28.2 Å². The van der Waals surface area contributed by atoms with E-state index in [-0.39, 0.29) is 36.6 Å². The number of likely N-dealkylation sites (tertiary alicyclic amines) is 1. The van der Waals surface area contributed by atoms with Crippen molar-refractivity contribution in [1.29, 1.82) is 0 Å². The number of anilines is 1. The molecule has 2 saturated heterocycles. The molecule has 25 heavy (non-hydrogen) atoms. The van der Waals surface area contributed by atoms with Gasteiger partial charge in [-0.2, -0.15) is 0 Å². The van der Waals surface area contributed by atoms with Gasteiger partial charge in [-0.25, -0.2) is 0 Å². The fourth-order valence-electron chi connectivity index (χ4n) is 3.18. The minimum atomic E-state index is -0.331. The molecule has 1 unspecified atom stereocenters. The van der Waals surface area contributed by atoms with Crippen LogP contribution in [0.3, 0.4) is 0 Å². The third-order valence-electron chi connectivity index (χ3n) is 4.67. The first-order valence-corrected chi connectivity index (χ1v) is 8.95. The standard InChI is InChI=1S/C17H19Cl2N3O3/c1-11-9-14(23)22(17(11)25)10-15(24)21-7-5-20(6-8-21)13-4-2-3-12(18)16(13)19/h2-4,11H,5-10H2,1H3. The minimum Gasteiger partial charge on any atom is -0.367 e. The molecule has 0 bridgehead atoms. The van der Waals surface area contributed by atoms with Crippen LogP contribution in [0.25, 0.3) is 0 Å². The summed E-state index contributed by atoms with van der Waals surface area (Å²) in [7, 11) is 0. The van der Waals surface area contributed by atoms with Crippen LogP contribution in [-0.2, 0) is 14.4 Å². The van der Waals surface area contributed by atoms with Gasteiger partial charge in [-0.15, -0.1) is 0 Å². The first kappa shape index (κ1) is 18.0. The normalized spacial score (nSPS) is 21.2. The molecule has 0 saturated carbocycles. The van der Waals surface area contributed by atoms with Gasteiger partial charge < -0.3 is 9.80 Å². The van der Waals surface area contributed by atoms with Gasteiger partial charge >= 0.3 is 0 Å². The average molecular weight is 384 g/mol. The summed E-state index contributed by atoms with van der Waals surface area (Å²) in [6.07, 6.45) is 0.188. The van der Waals surface area contributed by atoms with Gasteiger partial charge in [0, 0.05) is 38.5 Å². The van der Waals surface area contributed by atoms with E-state index in [9.17, 15) is 14.4 Å². The Hall–Kier alpha value is -1.79. The summed E-state index contributed by atoms with van der Waals surface area (Å²) in [6, 6.07) is 5.47. The molecule has 0 aliphatic carbocycles. The Kier molecular flexibility index (Phi) is 5.20. The molecule has 1 atom stereocenters. The van der Waals surface area contributed by atoms with Crippen LogP contribution in [-0.4, -0.2) is 60.2 Å². The first-order valence-electron chi connectivity index (χ1n) is 8.19. The predicted molar refractivity (Wildman–Crippen MR) is 95.8 cm³/mol. The Morgan fingerprint density at radius 1 is 1.16 bits per heavy atom. The van der Waals surface area contributed by atoms with Crippen LogP contribution in [0.4, 0.5) is 5.69 Å². The average Bonchev–Trinajstić information content (AvgIpc) is 2.84. The van der Waals surface area contributed by atoms with Crippen molar-refractivity contribution in [2.75, 3.05) is 37.6 Å². The van der Waals surface area contributed by atoms with Crippen molar-refractivity contribution >= 4 is 46.6 Å². The number of carbonyl (C=O) groups is 3. The highest BCUT2D eigenvalue weighted by atomic mass is 35.5. The lowest BCUT2D eigenvalue weighted by Gasteiger charge is -2.37. The number of benzene rings is 1. The van der Waals surface area contributed by atoms with Crippen LogP contribution in [0.5, 0.6) is 0 Å². The lowest BCUT2D eigenvalue weighted by molar-refractivity contribution is -0.146. The Bertz CT molecular complexity index is 717. The molecule has 2 aliphatic rings. The Morgan fingerprint density at radius 3 is 2.44 bits per heavy atom. The molecule has 0 spiro atoms. The molecule has 1 aromatic carbocycles. The van der Waals surface area contributed by atoms with Gasteiger partial charge in [-0.05, 0) is 12.1 Å². The van der Waals surface area contributed by atoms with E-state index in [0.29, 0.717) is 36.2 Å². The van der Waals surface area contributed by atoms with Gasteiger partial charge in [-0.3, -0.25) is 19.3 Å². The van der Waals surface area contributed by atoms with Crippen LogP contribution >= 0.6 is 23.2 Å². The van der Waals surface area contributed by atoms with Crippen molar-refractivity contribution in [1.82, 2.24) is 9.80 Å². The summed E-state index contributed by atoms with van der Waals surface area (Å²) >= 11 is 12.3. The topological polar surface area (TPSA) is 60.9 Å². The molecule has 2 fully saturated rings. The SMILES string of the molecule is CC1CC(=O)N(CC(=O)N2CCN(c3cccc(Cl)c3Cl)CC2)C1=O. The summed E-state index contributed by atoms with van der Waals surface area (Å²) in [5.74, 6) is -1.06. The van der Waals surface area contributed by atoms with E-state index >= 15 is 0 Å². The van der Waals surface area contributed by atoms with Gasteiger partial charge in [0.2, 0.25) is 17.7 Å². The van der Waals surface area contributed by atoms with E-state index in [1.165, 1.54) is 0 Å². The number of rotatable bonds is 3. The molecule has 3 amide bonds. The van der Waals surface area contributed by atoms with E-state index in [0.717, 1.165) is 10.6 Å². The molecular formula is C17H19Cl2N3O3. The largest absolute Gasteiger partial charge is 0.367 e. The zero-order valence-electron chi connectivity index (χ0n) is 13.9.